The maximum Gasteiger partial charge on any atom is 0.344 e. The molecular weight excluding hydrogens is 284 g/mol. The molecule has 22 heavy (non-hydrogen) atoms. The Kier molecular flexibility index (Phi) is 5.21. The van der Waals surface area contributed by atoms with Crippen molar-refractivity contribution in [2.45, 2.75) is 65.5 Å². The van der Waals surface area contributed by atoms with Crippen molar-refractivity contribution >= 4 is 11.9 Å². The Morgan fingerprint density at radius 1 is 1.32 bits per heavy atom. The van der Waals surface area contributed by atoms with Crippen LogP contribution in [0, 0.1) is 19.8 Å². The number of amides is 1. The van der Waals surface area contributed by atoms with E-state index >= 15 is 0 Å². The Hall–Kier alpha value is -1.85. The largest absolute Gasteiger partial charge is 0.449 e. The highest BCUT2D eigenvalue weighted by atomic mass is 16.5. The monoisotopic (exact) mass is 308 g/mol. The third-order valence-electron chi connectivity index (χ3n) is 4.33. The second kappa shape index (κ2) is 6.94. The Bertz CT molecular complexity index is 533. The molecule has 1 N–H and O–H groups in total. The Balaban J connectivity index is 1.92. The summed E-state index contributed by atoms with van der Waals surface area (Å²) in [5, 5.41) is 6.71. The van der Waals surface area contributed by atoms with Crippen LogP contribution in [0.15, 0.2) is 4.52 Å². The topological polar surface area (TPSA) is 81.4 Å². The molecule has 0 unspecified atom stereocenters. The van der Waals surface area contributed by atoms with Crippen LogP contribution < -0.4 is 5.32 Å². The van der Waals surface area contributed by atoms with Crippen LogP contribution in [0.3, 0.4) is 0 Å². The molecule has 3 atom stereocenters. The van der Waals surface area contributed by atoms with E-state index in [1.807, 2.05) is 0 Å². The van der Waals surface area contributed by atoms with E-state index in [9.17, 15) is 9.59 Å². The maximum absolute atomic E-state index is 12.2. The van der Waals surface area contributed by atoms with E-state index < -0.39 is 12.1 Å². The normalized spacial score (nSPS) is 22.9. The second-order valence-corrected chi connectivity index (χ2v) is 6.12. The molecule has 0 bridgehead atoms. The minimum absolute atomic E-state index is 0.168. The molecule has 6 heteroatoms. The summed E-state index contributed by atoms with van der Waals surface area (Å²) in [4.78, 5) is 24.3. The smallest absolute Gasteiger partial charge is 0.344 e. The first-order valence-electron chi connectivity index (χ1n) is 7.84. The van der Waals surface area contributed by atoms with Crippen LogP contribution in [-0.4, -0.2) is 29.2 Å². The van der Waals surface area contributed by atoms with Gasteiger partial charge in [0.15, 0.2) is 6.10 Å². The molecule has 6 nitrogen and oxygen atoms in total. The first-order valence-corrected chi connectivity index (χ1v) is 7.84. The van der Waals surface area contributed by atoms with Gasteiger partial charge in [0.1, 0.15) is 11.3 Å². The molecule has 1 fully saturated rings. The lowest BCUT2D eigenvalue weighted by Crippen LogP contribution is -2.46. The minimum atomic E-state index is -0.838. The fourth-order valence-corrected chi connectivity index (χ4v) is 2.88. The first-order chi connectivity index (χ1) is 10.4. The van der Waals surface area contributed by atoms with Crippen molar-refractivity contribution in [3.63, 3.8) is 0 Å². The number of carbonyl (C=O) groups excluding carboxylic acids is 2. The highest BCUT2D eigenvalue weighted by Gasteiger charge is 2.28. The van der Waals surface area contributed by atoms with E-state index in [1.165, 1.54) is 6.42 Å². The zero-order valence-corrected chi connectivity index (χ0v) is 13.6. The van der Waals surface area contributed by atoms with E-state index in [2.05, 4.69) is 17.4 Å². The molecule has 122 valence electrons. The maximum atomic E-state index is 12.2. The summed E-state index contributed by atoms with van der Waals surface area (Å²) in [6.45, 7) is 7.04. The summed E-state index contributed by atoms with van der Waals surface area (Å²) in [5.41, 5.74) is 0.765. The number of rotatable bonds is 4. The molecular formula is C16H24N2O4. The number of nitrogens with one attached hydrogen (secondary N) is 1. The summed E-state index contributed by atoms with van der Waals surface area (Å²) in [5.74, 6) is 0.0358. The fourth-order valence-electron chi connectivity index (χ4n) is 2.88. The van der Waals surface area contributed by atoms with Crippen LogP contribution in [0.4, 0.5) is 0 Å². The van der Waals surface area contributed by atoms with E-state index in [-0.39, 0.29) is 11.9 Å². The molecule has 1 aliphatic rings. The number of carbonyl (C=O) groups is 2. The van der Waals surface area contributed by atoms with Crippen molar-refractivity contribution in [3.8, 4) is 0 Å². The van der Waals surface area contributed by atoms with Crippen molar-refractivity contribution in [2.75, 3.05) is 0 Å². The lowest BCUT2D eigenvalue weighted by atomic mass is 9.86. The Morgan fingerprint density at radius 3 is 2.59 bits per heavy atom. The summed E-state index contributed by atoms with van der Waals surface area (Å²) in [6, 6.07) is 0.168. The Morgan fingerprint density at radius 2 is 2.00 bits per heavy atom. The standard InChI is InChI=1S/C16H24N2O4/c1-9-7-5-6-8-13(9)17-15(19)12(4)21-16(20)14-10(2)18-22-11(14)3/h9,12-13H,5-8H2,1-4H3,(H,17,19)/t9-,12-,13-/m0/s1. The quantitative estimate of drug-likeness (QED) is 0.864. The molecule has 0 saturated heterocycles. The summed E-state index contributed by atoms with van der Waals surface area (Å²) >= 11 is 0. The van der Waals surface area contributed by atoms with Gasteiger partial charge >= 0.3 is 5.97 Å². The van der Waals surface area contributed by atoms with Gasteiger partial charge in [-0.2, -0.15) is 0 Å². The highest BCUT2D eigenvalue weighted by molar-refractivity contribution is 5.93. The average molecular weight is 308 g/mol. The van der Waals surface area contributed by atoms with Gasteiger partial charge < -0.3 is 14.6 Å². The number of ether oxygens (including phenoxy) is 1. The van der Waals surface area contributed by atoms with Crippen molar-refractivity contribution in [3.05, 3.63) is 17.0 Å². The van der Waals surface area contributed by atoms with Gasteiger partial charge in [-0.05, 0) is 39.5 Å². The van der Waals surface area contributed by atoms with Gasteiger partial charge in [0.05, 0.1) is 5.69 Å². The number of aryl methyl sites for hydroxylation is 2. The van der Waals surface area contributed by atoms with Crippen LogP contribution in [0.5, 0.6) is 0 Å². The molecule has 1 heterocycles. The summed E-state index contributed by atoms with van der Waals surface area (Å²) in [7, 11) is 0. The van der Waals surface area contributed by atoms with E-state index in [0.717, 1.165) is 19.3 Å². The van der Waals surface area contributed by atoms with Gasteiger partial charge in [0.25, 0.3) is 5.91 Å². The highest BCUT2D eigenvalue weighted by Crippen LogP contribution is 2.24. The lowest BCUT2D eigenvalue weighted by molar-refractivity contribution is -0.130. The van der Waals surface area contributed by atoms with Gasteiger partial charge in [-0.25, -0.2) is 4.79 Å². The van der Waals surface area contributed by atoms with Crippen molar-refractivity contribution in [1.29, 1.82) is 0 Å². The van der Waals surface area contributed by atoms with Gasteiger partial charge in [0, 0.05) is 6.04 Å². The zero-order chi connectivity index (χ0) is 16.3. The fraction of sp³-hybridized carbons (Fsp3) is 0.688. The number of nitrogens with zero attached hydrogens (tertiary/aromatic N) is 1. The zero-order valence-electron chi connectivity index (χ0n) is 13.6. The first kappa shape index (κ1) is 16.5. The molecule has 0 radical (unpaired) electrons. The van der Waals surface area contributed by atoms with Crippen molar-refractivity contribution in [2.24, 2.45) is 5.92 Å². The van der Waals surface area contributed by atoms with Crippen LogP contribution in [0.2, 0.25) is 0 Å². The molecule has 1 aliphatic carbocycles. The summed E-state index contributed by atoms with van der Waals surface area (Å²) < 4.78 is 10.2. The lowest BCUT2D eigenvalue weighted by Gasteiger charge is -2.30. The number of esters is 1. The predicted octanol–water partition coefficient (Wildman–Crippen LogP) is 2.53. The molecule has 0 aliphatic heterocycles. The van der Waals surface area contributed by atoms with Crippen LogP contribution in [-0.2, 0) is 9.53 Å². The van der Waals surface area contributed by atoms with Crippen LogP contribution in [0.25, 0.3) is 0 Å². The minimum Gasteiger partial charge on any atom is -0.449 e. The number of hydrogen-bond donors (Lipinski definition) is 1. The second-order valence-electron chi connectivity index (χ2n) is 6.12. The van der Waals surface area contributed by atoms with E-state index in [4.69, 9.17) is 9.26 Å². The van der Waals surface area contributed by atoms with Crippen molar-refractivity contribution in [1.82, 2.24) is 10.5 Å². The molecule has 0 aromatic carbocycles. The predicted molar refractivity (Wildman–Crippen MR) is 80.4 cm³/mol. The Labute approximate surface area is 130 Å². The number of aromatic nitrogens is 1. The SMILES string of the molecule is Cc1noc(C)c1C(=O)O[C@@H](C)C(=O)N[C@H]1CCCC[C@@H]1C. The van der Waals surface area contributed by atoms with Crippen LogP contribution in [0.1, 0.15) is 61.3 Å². The third-order valence-corrected chi connectivity index (χ3v) is 4.33. The molecule has 1 aromatic rings. The molecule has 2 rings (SSSR count). The third kappa shape index (κ3) is 3.67. The summed E-state index contributed by atoms with van der Waals surface area (Å²) in [6.07, 6.45) is 3.61. The van der Waals surface area contributed by atoms with Gasteiger partial charge in [-0.15, -0.1) is 0 Å². The van der Waals surface area contributed by atoms with Gasteiger partial charge in [0.2, 0.25) is 0 Å². The van der Waals surface area contributed by atoms with Crippen LogP contribution >= 0.6 is 0 Å². The van der Waals surface area contributed by atoms with Gasteiger partial charge in [-0.3, -0.25) is 4.79 Å². The average Bonchev–Trinajstić information content (AvgIpc) is 2.80. The molecule has 0 spiro atoms. The van der Waals surface area contributed by atoms with Crippen molar-refractivity contribution < 1.29 is 18.8 Å². The van der Waals surface area contributed by atoms with E-state index in [0.29, 0.717) is 22.9 Å². The number of hydrogen-bond acceptors (Lipinski definition) is 5. The van der Waals surface area contributed by atoms with Gasteiger partial charge in [-0.1, -0.05) is 24.9 Å². The van der Waals surface area contributed by atoms with E-state index in [1.54, 1.807) is 20.8 Å². The molecule has 1 saturated carbocycles. The molecule has 1 aromatic heterocycles. The molecule has 1 amide bonds.